The number of para-hydroxylation sites is 1. The van der Waals surface area contributed by atoms with Crippen LogP contribution in [-0.4, -0.2) is 23.9 Å². The van der Waals surface area contributed by atoms with Gasteiger partial charge in [0.1, 0.15) is 11.7 Å². The Balaban J connectivity index is 2.21. The number of esters is 1. The number of nitro groups is 1. The molecule has 0 aliphatic carbocycles. The summed E-state index contributed by atoms with van der Waals surface area (Å²) in [5, 5.41) is 14.7. The highest BCUT2D eigenvalue weighted by molar-refractivity contribution is 5.92. The topological polar surface area (TPSA) is 90.7 Å². The first-order valence-electron chi connectivity index (χ1n) is 11.9. The molecule has 1 heterocycles. The van der Waals surface area contributed by atoms with Gasteiger partial charge in [0.05, 0.1) is 22.8 Å². The number of unbranched alkanes of at least 4 members (excludes halogenated alkanes) is 7. The van der Waals surface area contributed by atoms with Crippen LogP contribution in [-0.2, 0) is 9.53 Å². The highest BCUT2D eigenvalue weighted by Gasteiger charge is 2.43. The summed E-state index contributed by atoms with van der Waals surface area (Å²) in [6.07, 6.45) is 3.40. The third kappa shape index (κ3) is 8.29. The van der Waals surface area contributed by atoms with E-state index in [0.717, 1.165) is 25.3 Å². The summed E-state index contributed by atoms with van der Waals surface area (Å²) in [6.45, 7) is 5.25. The van der Waals surface area contributed by atoms with Crippen LogP contribution in [0.15, 0.2) is 46.9 Å². The Kier molecular flexibility index (Phi) is 10.6. The molecule has 0 saturated carbocycles. The molecule has 1 aromatic rings. The predicted octanol–water partition coefficient (Wildman–Crippen LogP) is 6.74. The molecule has 1 N–H and O–H groups in total. The lowest BCUT2D eigenvalue weighted by Gasteiger charge is -2.27. The Morgan fingerprint density at radius 2 is 1.63 bits per heavy atom. The Bertz CT molecular complexity index is 957. The number of carbonyl (C=O) groups is 1. The number of alkyl halides is 3. The minimum absolute atomic E-state index is 0.111. The van der Waals surface area contributed by atoms with Gasteiger partial charge in [0, 0.05) is 11.3 Å². The molecule has 35 heavy (non-hydrogen) atoms. The van der Waals surface area contributed by atoms with E-state index in [9.17, 15) is 28.1 Å². The van der Waals surface area contributed by atoms with E-state index >= 15 is 0 Å². The van der Waals surface area contributed by atoms with Crippen LogP contribution in [0.4, 0.5) is 13.2 Å². The molecular formula is C25H33F3N2O5. The van der Waals surface area contributed by atoms with Crippen molar-refractivity contribution in [3.05, 3.63) is 62.6 Å². The second kappa shape index (κ2) is 13.2. The van der Waals surface area contributed by atoms with Crippen molar-refractivity contribution >= 4 is 5.97 Å². The average molecular weight is 499 g/mol. The molecule has 0 bridgehead atoms. The van der Waals surface area contributed by atoms with Crippen molar-refractivity contribution in [3.63, 3.8) is 0 Å². The zero-order valence-corrected chi connectivity index (χ0v) is 20.4. The van der Waals surface area contributed by atoms with Crippen LogP contribution in [0.1, 0.15) is 83.6 Å². The van der Waals surface area contributed by atoms with Gasteiger partial charge in [-0.3, -0.25) is 10.1 Å². The first kappa shape index (κ1) is 28.2. The summed E-state index contributed by atoms with van der Waals surface area (Å²) in [5.74, 6) is -2.81. The van der Waals surface area contributed by atoms with Crippen molar-refractivity contribution < 1.29 is 32.4 Å². The second-order valence-corrected chi connectivity index (χ2v) is 8.56. The van der Waals surface area contributed by atoms with Gasteiger partial charge >= 0.3 is 12.3 Å². The lowest BCUT2D eigenvalue weighted by atomic mass is 9.83. The van der Waals surface area contributed by atoms with E-state index in [1.165, 1.54) is 57.7 Å². The molecule has 0 spiro atoms. The van der Waals surface area contributed by atoms with E-state index in [0.29, 0.717) is 6.42 Å². The van der Waals surface area contributed by atoms with E-state index in [2.05, 4.69) is 17.0 Å². The monoisotopic (exact) mass is 498 g/mol. The average Bonchev–Trinajstić information content (AvgIpc) is 2.76. The van der Waals surface area contributed by atoms with E-state index in [1.54, 1.807) is 0 Å². The van der Waals surface area contributed by atoms with Gasteiger partial charge in [-0.1, -0.05) is 70.1 Å². The predicted molar refractivity (Wildman–Crippen MR) is 125 cm³/mol. The van der Waals surface area contributed by atoms with Gasteiger partial charge in [-0.25, -0.2) is 4.79 Å². The zero-order chi connectivity index (χ0) is 26.0. The maximum atomic E-state index is 13.0. The van der Waals surface area contributed by atoms with E-state index in [4.69, 9.17) is 4.74 Å². The van der Waals surface area contributed by atoms with Gasteiger partial charge in [0.2, 0.25) is 0 Å². The molecule has 1 aliphatic rings. The molecule has 0 radical (unpaired) electrons. The summed E-state index contributed by atoms with van der Waals surface area (Å²) in [5.41, 5.74) is -0.288. The van der Waals surface area contributed by atoms with Crippen LogP contribution in [0, 0.1) is 10.1 Å². The number of halogens is 3. The second-order valence-electron chi connectivity index (χ2n) is 8.56. The normalized spacial score (nSPS) is 16.2. The molecular weight excluding hydrogens is 465 g/mol. The van der Waals surface area contributed by atoms with Gasteiger partial charge in [-0.15, -0.1) is 13.2 Å². The number of allylic oxidation sites excluding steroid dienone is 3. The highest BCUT2D eigenvalue weighted by Crippen LogP contribution is 2.43. The molecule has 1 aliphatic heterocycles. The smallest absolute Gasteiger partial charge is 0.462 e. The summed E-state index contributed by atoms with van der Waals surface area (Å²) in [6, 6.07) is 5.11. The number of ether oxygens (including phenoxy) is 2. The lowest BCUT2D eigenvalue weighted by molar-refractivity contribution is -0.431. The maximum Gasteiger partial charge on any atom is 0.573 e. The van der Waals surface area contributed by atoms with E-state index in [-0.39, 0.29) is 29.1 Å². The summed E-state index contributed by atoms with van der Waals surface area (Å²) in [4.78, 5) is 24.3. The van der Waals surface area contributed by atoms with Crippen molar-refractivity contribution in [1.82, 2.24) is 5.32 Å². The minimum atomic E-state index is -5.01. The number of carbonyl (C=O) groups excluding carboxylic acids is 1. The quantitative estimate of drug-likeness (QED) is 0.140. The zero-order valence-electron chi connectivity index (χ0n) is 20.4. The molecule has 10 heteroatoms. The van der Waals surface area contributed by atoms with E-state index in [1.807, 2.05) is 0 Å². The molecule has 2 rings (SSSR count). The molecule has 0 fully saturated rings. The van der Waals surface area contributed by atoms with Gasteiger partial charge in [-0.05, 0) is 26.3 Å². The van der Waals surface area contributed by atoms with Gasteiger partial charge in [0.15, 0.2) is 0 Å². The molecule has 1 unspecified atom stereocenters. The molecule has 0 aromatic heterocycles. The lowest BCUT2D eigenvalue weighted by Crippen LogP contribution is -2.32. The van der Waals surface area contributed by atoms with Crippen molar-refractivity contribution in [3.8, 4) is 5.75 Å². The molecule has 0 amide bonds. The number of nitrogens with zero attached hydrogens (tertiary/aromatic N) is 1. The number of hydrogen-bond donors (Lipinski definition) is 1. The Hall–Kier alpha value is -3.04. The third-order valence-corrected chi connectivity index (χ3v) is 5.83. The Morgan fingerprint density at radius 1 is 1.03 bits per heavy atom. The minimum Gasteiger partial charge on any atom is -0.462 e. The summed E-state index contributed by atoms with van der Waals surface area (Å²) >= 11 is 0. The first-order valence-corrected chi connectivity index (χ1v) is 11.9. The SMILES string of the molecule is CCCCCCCCCCOC(=O)C1=C(C)NC(C)=C([N+](=O)[O-])C1c1ccccc1OC(F)(F)F. The highest BCUT2D eigenvalue weighted by atomic mass is 19.4. The number of dihydropyridines is 1. The van der Waals surface area contributed by atoms with Crippen LogP contribution in [0.25, 0.3) is 0 Å². The molecule has 7 nitrogen and oxygen atoms in total. The van der Waals surface area contributed by atoms with Gasteiger partial charge in [0.25, 0.3) is 5.70 Å². The fourth-order valence-electron chi connectivity index (χ4n) is 4.21. The van der Waals surface area contributed by atoms with Crippen molar-refractivity contribution in [1.29, 1.82) is 0 Å². The van der Waals surface area contributed by atoms with Crippen LogP contribution in [0.5, 0.6) is 5.75 Å². The van der Waals surface area contributed by atoms with Crippen molar-refractivity contribution in [2.45, 2.75) is 84.4 Å². The number of rotatable bonds is 13. The van der Waals surface area contributed by atoms with Crippen molar-refractivity contribution in [2.75, 3.05) is 6.61 Å². The van der Waals surface area contributed by atoms with Crippen LogP contribution in [0.2, 0.25) is 0 Å². The summed E-state index contributed by atoms with van der Waals surface area (Å²) in [7, 11) is 0. The molecule has 1 atom stereocenters. The Morgan fingerprint density at radius 3 is 2.23 bits per heavy atom. The molecule has 194 valence electrons. The molecule has 1 aromatic carbocycles. The van der Waals surface area contributed by atoms with Gasteiger partial charge < -0.3 is 14.8 Å². The summed E-state index contributed by atoms with van der Waals surface area (Å²) < 4.78 is 48.6. The largest absolute Gasteiger partial charge is 0.573 e. The van der Waals surface area contributed by atoms with Crippen LogP contribution in [0.3, 0.4) is 0 Å². The standard InChI is InChI=1S/C25H33F3N2O5/c1-4-5-6-7-8-9-10-13-16-34-24(31)21-17(2)29-18(3)23(30(32)33)22(21)19-14-11-12-15-20(19)35-25(26,27)28/h11-12,14-15,22,29H,4-10,13,16H2,1-3H3. The number of hydrogen-bond acceptors (Lipinski definition) is 6. The number of nitrogens with one attached hydrogen (secondary N) is 1. The van der Waals surface area contributed by atoms with Crippen LogP contribution >= 0.6 is 0 Å². The molecule has 0 saturated heterocycles. The fraction of sp³-hybridized carbons (Fsp3) is 0.560. The van der Waals surface area contributed by atoms with Crippen molar-refractivity contribution in [2.24, 2.45) is 0 Å². The van der Waals surface area contributed by atoms with E-state index < -0.39 is 34.6 Å². The first-order chi connectivity index (χ1) is 16.6. The maximum absolute atomic E-state index is 13.0. The van der Waals surface area contributed by atoms with Crippen LogP contribution < -0.4 is 10.1 Å². The fourth-order valence-corrected chi connectivity index (χ4v) is 4.21. The van der Waals surface area contributed by atoms with Gasteiger partial charge in [-0.2, -0.15) is 0 Å². The Labute approximate surface area is 203 Å². The third-order valence-electron chi connectivity index (χ3n) is 5.83. The number of benzene rings is 1.